The Labute approximate surface area is 282 Å². The fourth-order valence-electron chi connectivity index (χ4n) is 6.41. The molecule has 5 aromatic rings. The second kappa shape index (κ2) is 14.7. The summed E-state index contributed by atoms with van der Waals surface area (Å²) in [5, 5.41) is 14.3. The van der Waals surface area contributed by atoms with Crippen LogP contribution >= 0.6 is 0 Å². The number of nitrogens with zero attached hydrogens (tertiary/aromatic N) is 2. The molecule has 7 rings (SSSR count). The number of β-amino-alcohol motifs (C(OH)–C–C–N with tert-alkyl or cyclic N) is 1. The van der Waals surface area contributed by atoms with E-state index in [0.717, 1.165) is 34.1 Å². The van der Waals surface area contributed by atoms with E-state index in [0.29, 0.717) is 45.1 Å². The summed E-state index contributed by atoms with van der Waals surface area (Å²) >= 11 is 0. The van der Waals surface area contributed by atoms with Gasteiger partial charge in [0.2, 0.25) is 0 Å². The molecule has 0 bridgehead atoms. The molecule has 0 aliphatic carbocycles. The van der Waals surface area contributed by atoms with Crippen molar-refractivity contribution in [3.63, 3.8) is 0 Å². The third-order valence-corrected chi connectivity index (χ3v) is 8.89. The molecular formula is C40H42N4O4. The van der Waals surface area contributed by atoms with Gasteiger partial charge in [0.15, 0.2) is 0 Å². The Hall–Kier alpha value is -5.18. The lowest BCUT2D eigenvalue weighted by Crippen LogP contribution is -2.36. The van der Waals surface area contributed by atoms with Crippen molar-refractivity contribution in [3.05, 3.63) is 144 Å². The van der Waals surface area contributed by atoms with Crippen LogP contribution in [0.4, 0.5) is 22.7 Å². The fourth-order valence-corrected chi connectivity index (χ4v) is 6.41. The number of nitrogens with two attached hydrogens (primary N) is 1. The van der Waals surface area contributed by atoms with Crippen LogP contribution < -0.4 is 30.3 Å². The van der Waals surface area contributed by atoms with Gasteiger partial charge < -0.3 is 40.2 Å². The lowest BCUT2D eigenvalue weighted by atomic mass is 10.0. The van der Waals surface area contributed by atoms with E-state index in [9.17, 15) is 5.11 Å². The molecule has 0 spiro atoms. The Morgan fingerprint density at radius 1 is 0.812 bits per heavy atom. The Morgan fingerprint density at radius 3 is 2.27 bits per heavy atom. The largest absolute Gasteiger partial charge is 0.489 e. The van der Waals surface area contributed by atoms with Crippen LogP contribution in [0.15, 0.2) is 127 Å². The standard InChI is InChI=1S/C40H42N4O4/c41-32-16-18-39-36(20-32)42-22-35(27-48-39)46-28-38(31-14-8-3-9-15-31)44(24-30-12-6-2-7-13-30)33-17-19-40-37(21-33)43(25-34(45)26-47-40)23-29-10-4-1-5-11-29/h1-21,34-35,38,42,45H,22-28,41H2/t34-,35+,38?/m0/s1. The van der Waals surface area contributed by atoms with Crippen molar-refractivity contribution >= 4 is 22.7 Å². The van der Waals surface area contributed by atoms with Crippen LogP contribution in [0.2, 0.25) is 0 Å². The number of fused-ring (bicyclic) bond motifs is 2. The van der Waals surface area contributed by atoms with Crippen molar-refractivity contribution in [1.29, 1.82) is 0 Å². The van der Waals surface area contributed by atoms with E-state index < -0.39 is 6.10 Å². The third-order valence-electron chi connectivity index (χ3n) is 8.89. The van der Waals surface area contributed by atoms with Gasteiger partial charge in [-0.2, -0.15) is 0 Å². The fraction of sp³-hybridized carbons (Fsp3) is 0.250. The maximum absolute atomic E-state index is 10.8. The molecule has 48 heavy (non-hydrogen) atoms. The Kier molecular flexibility index (Phi) is 9.63. The van der Waals surface area contributed by atoms with Crippen LogP contribution in [-0.2, 0) is 17.8 Å². The first-order chi connectivity index (χ1) is 23.6. The summed E-state index contributed by atoms with van der Waals surface area (Å²) in [6.07, 6.45) is -0.778. The quantitative estimate of drug-likeness (QED) is 0.146. The van der Waals surface area contributed by atoms with Gasteiger partial charge in [-0.25, -0.2) is 0 Å². The second-order valence-corrected chi connectivity index (χ2v) is 12.4. The van der Waals surface area contributed by atoms with Crippen LogP contribution in [0.3, 0.4) is 0 Å². The molecule has 4 N–H and O–H groups in total. The molecule has 0 aromatic heterocycles. The molecule has 0 fully saturated rings. The van der Waals surface area contributed by atoms with Gasteiger partial charge in [-0.1, -0.05) is 91.0 Å². The highest BCUT2D eigenvalue weighted by atomic mass is 16.5. The number of hydrogen-bond donors (Lipinski definition) is 3. The minimum atomic E-state index is -0.603. The molecule has 2 aliphatic heterocycles. The SMILES string of the molecule is Nc1ccc2c(c1)NC[C@@H](OCC(c1ccccc1)N(Cc1ccccc1)c1ccc3c(c1)N(Cc1ccccc1)C[C@H](O)CO3)CO2. The van der Waals surface area contributed by atoms with E-state index in [2.05, 4.69) is 87.9 Å². The molecule has 5 aromatic carbocycles. The molecule has 2 aliphatic rings. The maximum Gasteiger partial charge on any atom is 0.142 e. The monoisotopic (exact) mass is 642 g/mol. The molecule has 0 amide bonds. The summed E-state index contributed by atoms with van der Waals surface area (Å²) in [4.78, 5) is 4.63. The molecular weight excluding hydrogens is 600 g/mol. The summed E-state index contributed by atoms with van der Waals surface area (Å²) in [7, 11) is 0. The number of anilines is 4. The van der Waals surface area contributed by atoms with Crippen LogP contribution in [0, 0.1) is 0 Å². The lowest BCUT2D eigenvalue weighted by molar-refractivity contribution is 0.0226. The van der Waals surface area contributed by atoms with Gasteiger partial charge in [-0.3, -0.25) is 0 Å². The molecule has 0 radical (unpaired) electrons. The van der Waals surface area contributed by atoms with Crippen LogP contribution in [0.1, 0.15) is 22.7 Å². The number of benzene rings is 5. The Bertz CT molecular complexity index is 1770. The van der Waals surface area contributed by atoms with Gasteiger partial charge in [0, 0.05) is 37.6 Å². The highest BCUT2D eigenvalue weighted by Gasteiger charge is 2.28. The average molecular weight is 643 g/mol. The number of rotatable bonds is 10. The van der Waals surface area contributed by atoms with E-state index in [1.807, 2.05) is 54.6 Å². The van der Waals surface area contributed by atoms with Crippen LogP contribution in [0.25, 0.3) is 0 Å². The number of nitrogen functional groups attached to an aromatic ring is 1. The zero-order chi connectivity index (χ0) is 32.7. The zero-order valence-electron chi connectivity index (χ0n) is 26.9. The predicted molar refractivity (Wildman–Crippen MR) is 192 cm³/mol. The van der Waals surface area contributed by atoms with E-state index in [4.69, 9.17) is 19.9 Å². The Morgan fingerprint density at radius 2 is 1.50 bits per heavy atom. The number of aliphatic hydroxyl groups is 1. The first-order valence-electron chi connectivity index (χ1n) is 16.6. The number of nitrogens with one attached hydrogen (secondary N) is 1. The van der Waals surface area contributed by atoms with E-state index in [1.54, 1.807) is 0 Å². The highest BCUT2D eigenvalue weighted by molar-refractivity contribution is 5.68. The first kappa shape index (κ1) is 31.4. The van der Waals surface area contributed by atoms with Crippen molar-refractivity contribution in [3.8, 4) is 11.5 Å². The smallest absolute Gasteiger partial charge is 0.142 e. The average Bonchev–Trinajstić information content (AvgIpc) is 3.42. The minimum Gasteiger partial charge on any atom is -0.489 e. The summed E-state index contributed by atoms with van der Waals surface area (Å²) in [5.74, 6) is 1.54. The topological polar surface area (TPSA) is 92.5 Å². The van der Waals surface area contributed by atoms with Crippen molar-refractivity contribution in [2.24, 2.45) is 0 Å². The van der Waals surface area contributed by atoms with E-state index >= 15 is 0 Å². The van der Waals surface area contributed by atoms with Gasteiger partial charge in [-0.15, -0.1) is 0 Å². The molecule has 246 valence electrons. The van der Waals surface area contributed by atoms with Crippen molar-refractivity contribution in [1.82, 2.24) is 0 Å². The van der Waals surface area contributed by atoms with Crippen molar-refractivity contribution < 1.29 is 19.3 Å². The van der Waals surface area contributed by atoms with Gasteiger partial charge in [0.25, 0.3) is 0 Å². The van der Waals surface area contributed by atoms with Gasteiger partial charge >= 0.3 is 0 Å². The van der Waals surface area contributed by atoms with Crippen molar-refractivity contribution in [2.45, 2.75) is 31.3 Å². The van der Waals surface area contributed by atoms with E-state index in [-0.39, 0.29) is 18.8 Å². The lowest BCUT2D eigenvalue weighted by Gasteiger charge is -2.36. The number of ether oxygens (including phenoxy) is 3. The Balaban J connectivity index is 1.22. The number of hydrogen-bond acceptors (Lipinski definition) is 8. The van der Waals surface area contributed by atoms with Gasteiger partial charge in [0.1, 0.15) is 36.9 Å². The molecule has 0 saturated carbocycles. The third kappa shape index (κ3) is 7.51. The molecule has 0 saturated heterocycles. The van der Waals surface area contributed by atoms with E-state index in [1.165, 1.54) is 11.1 Å². The molecule has 2 heterocycles. The zero-order valence-corrected chi connectivity index (χ0v) is 26.9. The first-order valence-corrected chi connectivity index (χ1v) is 16.6. The highest BCUT2D eigenvalue weighted by Crippen LogP contribution is 2.39. The normalized spacial score (nSPS) is 17.7. The molecule has 1 unspecified atom stereocenters. The summed E-state index contributed by atoms with van der Waals surface area (Å²) in [6, 6.07) is 43.3. The predicted octanol–water partition coefficient (Wildman–Crippen LogP) is 6.67. The molecule has 3 atom stereocenters. The summed E-state index contributed by atoms with van der Waals surface area (Å²) < 4.78 is 19.0. The minimum absolute atomic E-state index is 0.120. The van der Waals surface area contributed by atoms with Crippen molar-refractivity contribution in [2.75, 3.05) is 53.8 Å². The van der Waals surface area contributed by atoms with Gasteiger partial charge in [-0.05, 0) is 53.1 Å². The maximum atomic E-state index is 10.8. The van der Waals surface area contributed by atoms with Crippen LogP contribution in [0.5, 0.6) is 11.5 Å². The second-order valence-electron chi connectivity index (χ2n) is 12.4. The molecule has 8 nitrogen and oxygen atoms in total. The summed E-state index contributed by atoms with van der Waals surface area (Å²) in [6.45, 7) is 3.50. The summed E-state index contributed by atoms with van der Waals surface area (Å²) in [5.41, 5.74) is 13.1. The van der Waals surface area contributed by atoms with Crippen LogP contribution in [-0.4, -0.2) is 50.2 Å². The van der Waals surface area contributed by atoms with Gasteiger partial charge in [0.05, 0.1) is 24.0 Å². The molecule has 8 heteroatoms. The number of aliphatic hydroxyl groups excluding tert-OH is 1.